The number of amides is 1. The fraction of sp³-hybridized carbons (Fsp3) is 0.588. The van der Waals surface area contributed by atoms with E-state index in [9.17, 15) is 13.2 Å². The monoisotopic (exact) mass is 368 g/mol. The maximum Gasteiger partial charge on any atom is 0.243 e. The highest BCUT2D eigenvalue weighted by Crippen LogP contribution is 2.21. The number of hydrogen-bond acceptors (Lipinski definition) is 5. The van der Waals surface area contributed by atoms with Crippen LogP contribution in [0.3, 0.4) is 0 Å². The van der Waals surface area contributed by atoms with E-state index in [1.54, 1.807) is 32.0 Å². The molecule has 2 atom stereocenters. The Bertz CT molecular complexity index is 706. The number of hydrogen-bond donors (Lipinski definition) is 2. The van der Waals surface area contributed by atoms with Crippen molar-refractivity contribution < 1.29 is 13.2 Å². The van der Waals surface area contributed by atoms with E-state index in [-0.39, 0.29) is 22.8 Å². The Morgan fingerprint density at radius 2 is 1.92 bits per heavy atom. The van der Waals surface area contributed by atoms with Crippen LogP contribution in [-0.4, -0.2) is 62.8 Å². The molecule has 8 heteroatoms. The van der Waals surface area contributed by atoms with E-state index in [1.165, 1.54) is 10.4 Å². The van der Waals surface area contributed by atoms with Gasteiger partial charge in [-0.2, -0.15) is 4.31 Å². The van der Waals surface area contributed by atoms with Gasteiger partial charge in [0.25, 0.3) is 0 Å². The lowest BCUT2D eigenvalue weighted by atomic mass is 10.0. The van der Waals surface area contributed by atoms with Crippen LogP contribution in [0.25, 0.3) is 0 Å². The molecule has 1 amide bonds. The van der Waals surface area contributed by atoms with Gasteiger partial charge in [0.1, 0.15) is 0 Å². The van der Waals surface area contributed by atoms with E-state index in [2.05, 4.69) is 10.2 Å². The van der Waals surface area contributed by atoms with Gasteiger partial charge in [-0.25, -0.2) is 8.42 Å². The van der Waals surface area contributed by atoms with Crippen molar-refractivity contribution in [1.29, 1.82) is 0 Å². The molecule has 1 aliphatic heterocycles. The van der Waals surface area contributed by atoms with E-state index >= 15 is 0 Å². The third-order valence-corrected chi connectivity index (χ3v) is 6.51. The van der Waals surface area contributed by atoms with E-state index in [0.717, 1.165) is 13.0 Å². The second-order valence-electron chi connectivity index (χ2n) is 6.73. The lowest BCUT2D eigenvalue weighted by Crippen LogP contribution is -2.35. The van der Waals surface area contributed by atoms with E-state index in [0.29, 0.717) is 25.3 Å². The number of carbonyl (C=O) groups excluding carboxylic acids is 1. The van der Waals surface area contributed by atoms with Gasteiger partial charge in [-0.15, -0.1) is 0 Å². The summed E-state index contributed by atoms with van der Waals surface area (Å²) in [4.78, 5) is 14.5. The van der Waals surface area contributed by atoms with Gasteiger partial charge in [0.05, 0.1) is 10.8 Å². The first-order chi connectivity index (χ1) is 11.7. The van der Waals surface area contributed by atoms with Crippen molar-refractivity contribution in [3.8, 4) is 0 Å². The number of nitrogens with zero attached hydrogens (tertiary/aromatic N) is 2. The first kappa shape index (κ1) is 19.8. The van der Waals surface area contributed by atoms with Gasteiger partial charge < -0.3 is 16.0 Å². The number of benzene rings is 1. The molecule has 1 saturated heterocycles. The van der Waals surface area contributed by atoms with Crippen molar-refractivity contribution in [3.63, 3.8) is 0 Å². The quantitative estimate of drug-likeness (QED) is 0.806. The molecule has 0 bridgehead atoms. The Morgan fingerprint density at radius 1 is 1.20 bits per heavy atom. The maximum atomic E-state index is 12.9. The molecule has 1 fully saturated rings. The predicted molar refractivity (Wildman–Crippen MR) is 98.8 cm³/mol. The SMILES string of the molecule is CC(N)C(C)C(=O)Nc1cccc(S(=O)(=O)N2CCCN(C)CC2)c1. The van der Waals surface area contributed by atoms with Crippen LogP contribution in [0, 0.1) is 5.92 Å². The first-order valence-electron chi connectivity index (χ1n) is 8.57. The summed E-state index contributed by atoms with van der Waals surface area (Å²) < 4.78 is 27.3. The number of rotatable bonds is 5. The minimum Gasteiger partial charge on any atom is -0.327 e. The molecule has 25 heavy (non-hydrogen) atoms. The van der Waals surface area contributed by atoms with Crippen molar-refractivity contribution in [1.82, 2.24) is 9.21 Å². The highest BCUT2D eigenvalue weighted by atomic mass is 32.2. The van der Waals surface area contributed by atoms with Crippen LogP contribution in [0.15, 0.2) is 29.2 Å². The molecule has 7 nitrogen and oxygen atoms in total. The Hall–Kier alpha value is -1.48. The number of sulfonamides is 1. The van der Waals surface area contributed by atoms with Gasteiger partial charge in [0, 0.05) is 31.4 Å². The summed E-state index contributed by atoms with van der Waals surface area (Å²) in [6.45, 7) is 6.08. The van der Waals surface area contributed by atoms with Crippen molar-refractivity contribution in [2.45, 2.75) is 31.2 Å². The van der Waals surface area contributed by atoms with E-state index in [1.807, 2.05) is 7.05 Å². The largest absolute Gasteiger partial charge is 0.327 e. The van der Waals surface area contributed by atoms with Crippen molar-refractivity contribution in [2.24, 2.45) is 11.7 Å². The summed E-state index contributed by atoms with van der Waals surface area (Å²) in [5.74, 6) is -0.581. The summed E-state index contributed by atoms with van der Waals surface area (Å²) in [6, 6.07) is 6.12. The Balaban J connectivity index is 2.18. The van der Waals surface area contributed by atoms with Gasteiger partial charge in [0.15, 0.2) is 0 Å². The molecular formula is C17H28N4O3S. The van der Waals surface area contributed by atoms with Gasteiger partial charge in [-0.1, -0.05) is 13.0 Å². The fourth-order valence-corrected chi connectivity index (χ4v) is 4.16. The van der Waals surface area contributed by atoms with E-state index in [4.69, 9.17) is 5.73 Å². The summed E-state index contributed by atoms with van der Waals surface area (Å²) in [5.41, 5.74) is 6.21. The van der Waals surface area contributed by atoms with Crippen LogP contribution in [0.5, 0.6) is 0 Å². The number of nitrogens with one attached hydrogen (secondary N) is 1. The number of nitrogens with two attached hydrogens (primary N) is 1. The molecule has 0 aromatic heterocycles. The molecule has 0 aliphatic carbocycles. The van der Waals surface area contributed by atoms with Gasteiger partial charge in [-0.05, 0) is 45.1 Å². The molecule has 1 aromatic carbocycles. The van der Waals surface area contributed by atoms with Gasteiger partial charge in [0.2, 0.25) is 15.9 Å². The lowest BCUT2D eigenvalue weighted by molar-refractivity contribution is -0.119. The first-order valence-corrected chi connectivity index (χ1v) is 10.0. The molecule has 2 unspecified atom stereocenters. The highest BCUT2D eigenvalue weighted by molar-refractivity contribution is 7.89. The molecule has 1 aliphatic rings. The third-order valence-electron chi connectivity index (χ3n) is 4.62. The minimum absolute atomic E-state index is 0.198. The Kier molecular flexibility index (Phi) is 6.56. The molecule has 0 saturated carbocycles. The standard InChI is InChI=1S/C17H28N4O3S/c1-13(14(2)18)17(22)19-15-6-4-7-16(12-15)25(23,24)21-9-5-8-20(3)10-11-21/h4,6-7,12-14H,5,8-11,18H2,1-3H3,(H,19,22). The zero-order chi connectivity index (χ0) is 18.6. The van der Waals surface area contributed by atoms with Crippen LogP contribution in [0.1, 0.15) is 20.3 Å². The predicted octanol–water partition coefficient (Wildman–Crippen LogP) is 0.935. The summed E-state index contributed by atoms with van der Waals surface area (Å²) in [7, 11) is -1.58. The molecular weight excluding hydrogens is 340 g/mol. The Morgan fingerprint density at radius 3 is 2.60 bits per heavy atom. The average molecular weight is 369 g/mol. The number of anilines is 1. The van der Waals surface area contributed by atoms with Crippen LogP contribution >= 0.6 is 0 Å². The van der Waals surface area contributed by atoms with Gasteiger partial charge >= 0.3 is 0 Å². The molecule has 1 aromatic rings. The third kappa shape index (κ3) is 5.01. The van der Waals surface area contributed by atoms with Crippen LogP contribution in [0.2, 0.25) is 0 Å². The fourth-order valence-electron chi connectivity index (χ4n) is 2.64. The molecule has 3 N–H and O–H groups in total. The molecule has 0 spiro atoms. The highest BCUT2D eigenvalue weighted by Gasteiger charge is 2.26. The second-order valence-corrected chi connectivity index (χ2v) is 8.66. The normalized spacial score (nSPS) is 19.8. The van der Waals surface area contributed by atoms with Crippen LogP contribution in [0.4, 0.5) is 5.69 Å². The minimum atomic E-state index is -3.57. The number of carbonyl (C=O) groups is 1. The van der Waals surface area contributed by atoms with Crippen molar-refractivity contribution in [3.05, 3.63) is 24.3 Å². The van der Waals surface area contributed by atoms with Crippen molar-refractivity contribution >= 4 is 21.6 Å². The molecule has 1 heterocycles. The molecule has 0 radical (unpaired) electrons. The van der Waals surface area contributed by atoms with Crippen LogP contribution in [-0.2, 0) is 14.8 Å². The molecule has 2 rings (SSSR count). The smallest absolute Gasteiger partial charge is 0.243 e. The average Bonchev–Trinajstić information content (AvgIpc) is 2.79. The van der Waals surface area contributed by atoms with E-state index < -0.39 is 10.0 Å². The second kappa shape index (κ2) is 8.27. The van der Waals surface area contributed by atoms with Gasteiger partial charge in [-0.3, -0.25) is 4.79 Å². The zero-order valence-electron chi connectivity index (χ0n) is 15.1. The zero-order valence-corrected chi connectivity index (χ0v) is 15.9. The summed E-state index contributed by atoms with van der Waals surface area (Å²) >= 11 is 0. The molecule has 140 valence electrons. The van der Waals surface area contributed by atoms with Crippen LogP contribution < -0.4 is 11.1 Å². The topological polar surface area (TPSA) is 95.7 Å². The Labute approximate surface area is 150 Å². The summed E-state index contributed by atoms with van der Waals surface area (Å²) in [6.07, 6.45) is 0.804. The lowest BCUT2D eigenvalue weighted by Gasteiger charge is -2.21. The maximum absolute atomic E-state index is 12.9. The summed E-state index contributed by atoms with van der Waals surface area (Å²) in [5, 5.41) is 2.75. The number of likely N-dealkylation sites (N-methyl/N-ethyl adjacent to an activating group) is 1. The van der Waals surface area contributed by atoms with Crippen molar-refractivity contribution in [2.75, 3.05) is 38.5 Å².